The minimum atomic E-state index is 0.208. The second-order valence-corrected chi connectivity index (χ2v) is 4.41. The molecule has 0 heterocycles. The van der Waals surface area contributed by atoms with E-state index in [-0.39, 0.29) is 6.61 Å². The van der Waals surface area contributed by atoms with Gasteiger partial charge in [-0.2, -0.15) is 0 Å². The van der Waals surface area contributed by atoms with E-state index >= 15 is 0 Å². The van der Waals surface area contributed by atoms with Gasteiger partial charge in [-0.15, -0.1) is 0 Å². The van der Waals surface area contributed by atoms with Gasteiger partial charge in [-0.1, -0.05) is 33.6 Å². The van der Waals surface area contributed by atoms with Crippen molar-refractivity contribution in [3.05, 3.63) is 33.8 Å². The maximum Gasteiger partial charge on any atom is 0.0558 e. The number of rotatable bonds is 4. The number of aryl methyl sites for hydroxylation is 1. The highest BCUT2D eigenvalue weighted by Crippen LogP contribution is 2.19. The Balaban J connectivity index is 2.70. The zero-order valence-corrected chi connectivity index (χ0v) is 10.2. The number of aliphatic hydroxyl groups excluding tert-OH is 1. The van der Waals surface area contributed by atoms with Gasteiger partial charge >= 0.3 is 0 Å². The summed E-state index contributed by atoms with van der Waals surface area (Å²) < 4.78 is 1.13. The van der Waals surface area contributed by atoms with E-state index in [0.29, 0.717) is 6.54 Å². The molecule has 0 spiro atoms. The van der Waals surface area contributed by atoms with Crippen molar-refractivity contribution in [2.75, 3.05) is 20.2 Å². The smallest absolute Gasteiger partial charge is 0.0558 e. The van der Waals surface area contributed by atoms with Crippen LogP contribution >= 0.6 is 15.9 Å². The molecule has 0 radical (unpaired) electrons. The number of hydrogen-bond acceptors (Lipinski definition) is 2. The van der Waals surface area contributed by atoms with Crippen molar-refractivity contribution in [3.8, 4) is 0 Å². The van der Waals surface area contributed by atoms with E-state index in [9.17, 15) is 0 Å². The third kappa shape index (κ3) is 3.40. The minimum Gasteiger partial charge on any atom is -0.395 e. The van der Waals surface area contributed by atoms with Gasteiger partial charge in [-0.05, 0) is 25.6 Å². The lowest BCUT2D eigenvalue weighted by Gasteiger charge is -2.16. The first-order valence-electron chi connectivity index (χ1n) is 4.68. The molecule has 0 fully saturated rings. The summed E-state index contributed by atoms with van der Waals surface area (Å²) in [5.41, 5.74) is 2.53. The molecule has 0 amide bonds. The van der Waals surface area contributed by atoms with Crippen LogP contribution < -0.4 is 0 Å². The van der Waals surface area contributed by atoms with Crippen LogP contribution in [-0.2, 0) is 6.54 Å². The van der Waals surface area contributed by atoms with Crippen molar-refractivity contribution >= 4 is 15.9 Å². The Morgan fingerprint density at radius 2 is 2.14 bits per heavy atom. The normalized spacial score (nSPS) is 10.9. The Morgan fingerprint density at radius 3 is 2.79 bits per heavy atom. The van der Waals surface area contributed by atoms with Gasteiger partial charge < -0.3 is 5.11 Å². The summed E-state index contributed by atoms with van der Waals surface area (Å²) in [6.07, 6.45) is 0. The summed E-state index contributed by atoms with van der Waals surface area (Å²) in [5.74, 6) is 0. The van der Waals surface area contributed by atoms with Gasteiger partial charge in [-0.3, -0.25) is 4.90 Å². The molecule has 0 aliphatic carbocycles. The average molecular weight is 258 g/mol. The molecular weight excluding hydrogens is 242 g/mol. The zero-order valence-electron chi connectivity index (χ0n) is 8.63. The molecule has 0 aliphatic rings. The Labute approximate surface area is 93.7 Å². The van der Waals surface area contributed by atoms with Crippen LogP contribution in [0.25, 0.3) is 0 Å². The van der Waals surface area contributed by atoms with Crippen molar-refractivity contribution < 1.29 is 5.11 Å². The van der Waals surface area contributed by atoms with Crippen LogP contribution in [0, 0.1) is 6.92 Å². The van der Waals surface area contributed by atoms with Crippen LogP contribution in [-0.4, -0.2) is 30.2 Å². The number of benzene rings is 1. The molecule has 0 unspecified atom stereocenters. The molecule has 0 bridgehead atoms. The highest BCUT2D eigenvalue weighted by atomic mass is 79.9. The van der Waals surface area contributed by atoms with Gasteiger partial charge in [0.05, 0.1) is 6.61 Å². The van der Waals surface area contributed by atoms with Crippen molar-refractivity contribution in [2.45, 2.75) is 13.5 Å². The highest BCUT2D eigenvalue weighted by molar-refractivity contribution is 9.10. The van der Waals surface area contributed by atoms with Crippen LogP contribution in [0.5, 0.6) is 0 Å². The fourth-order valence-corrected chi connectivity index (χ4v) is 1.74. The van der Waals surface area contributed by atoms with Crippen LogP contribution in [0.4, 0.5) is 0 Å². The first-order chi connectivity index (χ1) is 6.63. The van der Waals surface area contributed by atoms with E-state index in [2.05, 4.69) is 46.0 Å². The molecule has 1 aromatic rings. The monoisotopic (exact) mass is 257 g/mol. The summed E-state index contributed by atoms with van der Waals surface area (Å²) in [6.45, 7) is 3.87. The molecule has 0 saturated carbocycles. The third-order valence-corrected chi connectivity index (χ3v) is 2.90. The Kier molecular flexibility index (Phi) is 4.58. The van der Waals surface area contributed by atoms with E-state index in [1.54, 1.807) is 0 Å². The fourth-order valence-electron chi connectivity index (χ4n) is 1.37. The molecule has 1 N–H and O–H groups in total. The number of hydrogen-bond donors (Lipinski definition) is 1. The number of halogens is 1. The van der Waals surface area contributed by atoms with E-state index < -0.39 is 0 Å². The molecule has 78 valence electrons. The lowest BCUT2D eigenvalue weighted by Crippen LogP contribution is -2.21. The molecule has 0 aliphatic heterocycles. The third-order valence-electron chi connectivity index (χ3n) is 2.12. The number of nitrogens with zero attached hydrogens (tertiary/aromatic N) is 1. The maximum absolute atomic E-state index is 8.79. The SMILES string of the molecule is Cc1ccc(Br)c(CN(C)CCO)c1. The second-order valence-electron chi connectivity index (χ2n) is 3.56. The lowest BCUT2D eigenvalue weighted by atomic mass is 10.1. The van der Waals surface area contributed by atoms with Gasteiger partial charge in [0.2, 0.25) is 0 Å². The fraction of sp³-hybridized carbons (Fsp3) is 0.455. The van der Waals surface area contributed by atoms with E-state index in [0.717, 1.165) is 11.0 Å². The van der Waals surface area contributed by atoms with Crippen LogP contribution in [0.1, 0.15) is 11.1 Å². The van der Waals surface area contributed by atoms with Crippen molar-refractivity contribution in [1.29, 1.82) is 0 Å². The Morgan fingerprint density at radius 1 is 1.43 bits per heavy atom. The summed E-state index contributed by atoms with van der Waals surface area (Å²) in [5, 5.41) is 8.79. The van der Waals surface area contributed by atoms with Crippen LogP contribution in [0.3, 0.4) is 0 Å². The van der Waals surface area contributed by atoms with Crippen molar-refractivity contribution in [1.82, 2.24) is 4.90 Å². The van der Waals surface area contributed by atoms with Crippen molar-refractivity contribution in [3.63, 3.8) is 0 Å². The van der Waals surface area contributed by atoms with Crippen LogP contribution in [0.15, 0.2) is 22.7 Å². The summed E-state index contributed by atoms with van der Waals surface area (Å²) in [6, 6.07) is 6.31. The first-order valence-corrected chi connectivity index (χ1v) is 5.47. The van der Waals surface area contributed by atoms with E-state index in [1.165, 1.54) is 11.1 Å². The van der Waals surface area contributed by atoms with Gasteiger partial charge in [0.15, 0.2) is 0 Å². The van der Waals surface area contributed by atoms with E-state index in [1.807, 2.05) is 7.05 Å². The Bertz CT molecular complexity index is 301. The predicted octanol–water partition coefficient (Wildman–Crippen LogP) is 2.18. The number of likely N-dealkylation sites (N-methyl/N-ethyl adjacent to an activating group) is 1. The van der Waals surface area contributed by atoms with Gasteiger partial charge in [0.1, 0.15) is 0 Å². The standard InChI is InChI=1S/C11H16BrNO/c1-9-3-4-11(12)10(7-9)8-13(2)5-6-14/h3-4,7,14H,5-6,8H2,1-2H3. The number of aliphatic hydroxyl groups is 1. The summed E-state index contributed by atoms with van der Waals surface area (Å²) in [7, 11) is 2.00. The lowest BCUT2D eigenvalue weighted by molar-refractivity contribution is 0.217. The largest absolute Gasteiger partial charge is 0.395 e. The molecule has 2 nitrogen and oxygen atoms in total. The topological polar surface area (TPSA) is 23.5 Å². The molecule has 14 heavy (non-hydrogen) atoms. The van der Waals surface area contributed by atoms with Gasteiger partial charge in [0.25, 0.3) is 0 Å². The maximum atomic E-state index is 8.79. The highest BCUT2D eigenvalue weighted by Gasteiger charge is 2.03. The average Bonchev–Trinajstić information content (AvgIpc) is 2.12. The molecule has 1 rings (SSSR count). The molecule has 0 atom stereocenters. The zero-order chi connectivity index (χ0) is 10.6. The molecule has 0 aromatic heterocycles. The van der Waals surface area contributed by atoms with E-state index in [4.69, 9.17) is 5.11 Å². The van der Waals surface area contributed by atoms with Gasteiger partial charge in [0, 0.05) is 17.6 Å². The molecule has 1 aromatic carbocycles. The predicted molar refractivity (Wildman–Crippen MR) is 62.3 cm³/mol. The quantitative estimate of drug-likeness (QED) is 0.894. The Hall–Kier alpha value is -0.380. The van der Waals surface area contributed by atoms with Crippen molar-refractivity contribution in [2.24, 2.45) is 0 Å². The van der Waals surface area contributed by atoms with Gasteiger partial charge in [-0.25, -0.2) is 0 Å². The molecule has 3 heteroatoms. The molecular formula is C11H16BrNO. The van der Waals surface area contributed by atoms with Crippen LogP contribution in [0.2, 0.25) is 0 Å². The summed E-state index contributed by atoms with van der Waals surface area (Å²) in [4.78, 5) is 2.10. The minimum absolute atomic E-state index is 0.208. The second kappa shape index (κ2) is 5.49. The summed E-state index contributed by atoms with van der Waals surface area (Å²) >= 11 is 3.52. The first kappa shape index (κ1) is 11.7. The molecule has 0 saturated heterocycles.